The van der Waals surface area contributed by atoms with Crippen LogP contribution in [-0.4, -0.2) is 31.9 Å². The van der Waals surface area contributed by atoms with Crippen LogP contribution in [0.3, 0.4) is 0 Å². The van der Waals surface area contributed by atoms with Gasteiger partial charge in [0.1, 0.15) is 11.7 Å². The van der Waals surface area contributed by atoms with Crippen molar-refractivity contribution in [1.82, 2.24) is 15.0 Å². The van der Waals surface area contributed by atoms with Crippen LogP contribution in [0.25, 0.3) is 11.3 Å². The first-order valence-corrected chi connectivity index (χ1v) is 5.75. The molecule has 1 unspecified atom stereocenters. The topological polar surface area (TPSA) is 85.1 Å². The van der Waals surface area contributed by atoms with Crippen LogP contribution in [0.5, 0.6) is 0 Å². The van der Waals surface area contributed by atoms with Gasteiger partial charge in [-0.3, -0.25) is 4.79 Å². The number of carboxylic acids is 1. The van der Waals surface area contributed by atoms with Crippen molar-refractivity contribution < 1.29 is 14.7 Å². The number of hydrogen-bond donors (Lipinski definition) is 1. The van der Waals surface area contributed by atoms with Gasteiger partial charge in [0.25, 0.3) is 0 Å². The molecule has 0 amide bonds. The molecule has 6 heteroatoms. The maximum atomic E-state index is 11.5. The number of carbonyl (C=O) groups excluding carboxylic acids is 1. The number of nitrogens with zero attached hydrogens (tertiary/aromatic N) is 3. The van der Waals surface area contributed by atoms with Crippen LogP contribution in [0.4, 0.5) is 0 Å². The Balaban J connectivity index is 2.44. The fourth-order valence-corrected chi connectivity index (χ4v) is 1.72. The zero-order valence-electron chi connectivity index (χ0n) is 10.6. The summed E-state index contributed by atoms with van der Waals surface area (Å²) in [7, 11) is 0. The zero-order valence-corrected chi connectivity index (χ0v) is 10.6. The lowest BCUT2D eigenvalue weighted by Crippen LogP contribution is -2.15. The molecule has 1 atom stereocenters. The van der Waals surface area contributed by atoms with Crippen molar-refractivity contribution in [3.05, 3.63) is 36.0 Å². The number of carboxylic acid groups (broad SMARTS) is 1. The molecule has 0 bridgehead atoms. The molecule has 0 aliphatic heterocycles. The van der Waals surface area contributed by atoms with Crippen LogP contribution < -0.4 is 0 Å². The lowest BCUT2D eigenvalue weighted by Gasteiger charge is -2.04. The van der Waals surface area contributed by atoms with Crippen molar-refractivity contribution >= 4 is 11.8 Å². The molecule has 6 nitrogen and oxygen atoms in total. The molecule has 0 spiro atoms. The lowest BCUT2D eigenvalue weighted by atomic mass is 10.0. The van der Waals surface area contributed by atoms with Crippen LogP contribution in [0, 0.1) is 0 Å². The average Bonchev–Trinajstić information content (AvgIpc) is 2.87. The maximum Gasteiger partial charge on any atom is 0.328 e. The van der Waals surface area contributed by atoms with Gasteiger partial charge in [-0.2, -0.15) is 0 Å². The first-order valence-electron chi connectivity index (χ1n) is 5.75. The Morgan fingerprint density at radius 1 is 1.32 bits per heavy atom. The van der Waals surface area contributed by atoms with E-state index in [0.29, 0.717) is 16.8 Å². The Bertz CT molecular complexity index is 634. The predicted octanol–water partition coefficient (Wildman–Crippen LogP) is 1.79. The molecule has 0 fully saturated rings. The van der Waals surface area contributed by atoms with Gasteiger partial charge in [-0.1, -0.05) is 29.5 Å². The summed E-state index contributed by atoms with van der Waals surface area (Å²) in [5, 5.41) is 16.6. The highest BCUT2D eigenvalue weighted by molar-refractivity contribution is 6.00. The van der Waals surface area contributed by atoms with E-state index in [1.165, 1.54) is 24.7 Å². The fourth-order valence-electron chi connectivity index (χ4n) is 1.72. The Morgan fingerprint density at radius 3 is 2.63 bits per heavy atom. The fraction of sp³-hybridized carbons (Fsp3) is 0.231. The van der Waals surface area contributed by atoms with E-state index in [0.717, 1.165) is 0 Å². The summed E-state index contributed by atoms with van der Waals surface area (Å²) >= 11 is 0. The molecule has 0 radical (unpaired) electrons. The number of hydrogen-bond acceptors (Lipinski definition) is 4. The molecule has 2 aromatic rings. The van der Waals surface area contributed by atoms with Crippen LogP contribution in [0.2, 0.25) is 0 Å². The third-order valence-electron chi connectivity index (χ3n) is 2.85. The van der Waals surface area contributed by atoms with Gasteiger partial charge in [0, 0.05) is 11.1 Å². The molecule has 1 aromatic carbocycles. The van der Waals surface area contributed by atoms with Crippen LogP contribution >= 0.6 is 0 Å². The monoisotopic (exact) mass is 259 g/mol. The second-order valence-corrected chi connectivity index (χ2v) is 4.20. The van der Waals surface area contributed by atoms with Crippen molar-refractivity contribution in [2.45, 2.75) is 19.9 Å². The molecule has 0 saturated heterocycles. The van der Waals surface area contributed by atoms with Crippen LogP contribution in [0.15, 0.2) is 30.5 Å². The standard InChI is InChI=1S/C13H13N3O3/c1-8(13(18)19)16-7-12(14-15-16)11-6-4-3-5-10(11)9(2)17/h3-8H,1-2H3,(H,18,19). The first-order chi connectivity index (χ1) is 9.00. The van der Waals surface area contributed by atoms with Gasteiger partial charge in [0.15, 0.2) is 5.78 Å². The number of rotatable bonds is 4. The van der Waals surface area contributed by atoms with E-state index in [2.05, 4.69) is 10.3 Å². The minimum atomic E-state index is -0.990. The Hall–Kier alpha value is -2.50. The number of benzene rings is 1. The summed E-state index contributed by atoms with van der Waals surface area (Å²) < 4.78 is 1.26. The molecule has 0 aliphatic carbocycles. The van der Waals surface area contributed by atoms with Crippen LogP contribution in [0.1, 0.15) is 30.2 Å². The molecule has 2 rings (SSSR count). The summed E-state index contributed by atoms with van der Waals surface area (Å²) in [6, 6.07) is 6.23. The van der Waals surface area contributed by atoms with E-state index >= 15 is 0 Å². The maximum absolute atomic E-state index is 11.5. The third-order valence-corrected chi connectivity index (χ3v) is 2.85. The average molecular weight is 259 g/mol. The number of ketones is 1. The third kappa shape index (κ3) is 2.52. The highest BCUT2D eigenvalue weighted by Gasteiger charge is 2.17. The number of aromatic nitrogens is 3. The predicted molar refractivity (Wildman–Crippen MR) is 67.8 cm³/mol. The Labute approximate surface area is 109 Å². The quantitative estimate of drug-likeness (QED) is 0.846. The highest BCUT2D eigenvalue weighted by Crippen LogP contribution is 2.22. The van der Waals surface area contributed by atoms with Crippen LogP contribution in [-0.2, 0) is 4.79 Å². The number of Topliss-reactive ketones (excluding diaryl/α,β-unsaturated/α-hetero) is 1. The molecule has 98 valence electrons. The van der Waals surface area contributed by atoms with Gasteiger partial charge in [0.2, 0.25) is 0 Å². The molecule has 1 aromatic heterocycles. The van der Waals surface area contributed by atoms with Gasteiger partial charge in [-0.25, -0.2) is 9.48 Å². The molecular formula is C13H13N3O3. The number of carbonyl (C=O) groups is 2. The molecule has 0 aliphatic rings. The van der Waals surface area contributed by atoms with Crippen molar-refractivity contribution in [3.63, 3.8) is 0 Å². The van der Waals surface area contributed by atoms with Crippen molar-refractivity contribution in [2.24, 2.45) is 0 Å². The smallest absolute Gasteiger partial charge is 0.328 e. The highest BCUT2D eigenvalue weighted by atomic mass is 16.4. The van der Waals surface area contributed by atoms with E-state index in [1.54, 1.807) is 24.3 Å². The second kappa shape index (κ2) is 5.01. The SMILES string of the molecule is CC(=O)c1ccccc1-c1cn(C(C)C(=O)O)nn1. The summed E-state index contributed by atoms with van der Waals surface area (Å²) in [6.45, 7) is 2.99. The van der Waals surface area contributed by atoms with Gasteiger partial charge in [-0.15, -0.1) is 5.10 Å². The Kier molecular flexibility index (Phi) is 3.41. The largest absolute Gasteiger partial charge is 0.480 e. The minimum Gasteiger partial charge on any atom is -0.480 e. The van der Waals surface area contributed by atoms with E-state index in [1.807, 2.05) is 0 Å². The zero-order chi connectivity index (χ0) is 14.0. The lowest BCUT2D eigenvalue weighted by molar-refractivity contribution is -0.140. The second-order valence-electron chi connectivity index (χ2n) is 4.20. The summed E-state index contributed by atoms with van der Waals surface area (Å²) in [6.07, 6.45) is 1.53. The van der Waals surface area contributed by atoms with E-state index in [9.17, 15) is 9.59 Å². The Morgan fingerprint density at radius 2 is 2.00 bits per heavy atom. The van der Waals surface area contributed by atoms with Gasteiger partial charge < -0.3 is 5.11 Å². The minimum absolute atomic E-state index is 0.0727. The van der Waals surface area contributed by atoms with E-state index in [-0.39, 0.29) is 5.78 Å². The molecule has 19 heavy (non-hydrogen) atoms. The molecular weight excluding hydrogens is 246 g/mol. The molecule has 1 N–H and O–H groups in total. The summed E-state index contributed by atoms with van der Waals surface area (Å²) in [4.78, 5) is 22.4. The molecule has 1 heterocycles. The number of aliphatic carboxylic acids is 1. The van der Waals surface area contributed by atoms with Crippen molar-refractivity contribution in [2.75, 3.05) is 0 Å². The van der Waals surface area contributed by atoms with E-state index < -0.39 is 12.0 Å². The van der Waals surface area contributed by atoms with Crippen molar-refractivity contribution in [1.29, 1.82) is 0 Å². The summed E-state index contributed by atoms with van der Waals surface area (Å²) in [5.41, 5.74) is 1.68. The van der Waals surface area contributed by atoms with Gasteiger partial charge in [-0.05, 0) is 13.8 Å². The van der Waals surface area contributed by atoms with Crippen molar-refractivity contribution in [3.8, 4) is 11.3 Å². The van der Waals surface area contributed by atoms with E-state index in [4.69, 9.17) is 5.11 Å². The first kappa shape index (κ1) is 12.9. The van der Waals surface area contributed by atoms with Gasteiger partial charge >= 0.3 is 5.97 Å². The van der Waals surface area contributed by atoms with Gasteiger partial charge in [0.05, 0.1) is 6.20 Å². The summed E-state index contributed by atoms with van der Waals surface area (Å²) in [5.74, 6) is -1.06. The molecule has 0 saturated carbocycles. The normalized spacial score (nSPS) is 12.1.